The van der Waals surface area contributed by atoms with Crippen molar-refractivity contribution in [2.45, 2.75) is 51.6 Å². The van der Waals surface area contributed by atoms with Gasteiger partial charge in [0, 0.05) is 25.4 Å². The van der Waals surface area contributed by atoms with Crippen LogP contribution in [0.5, 0.6) is 0 Å². The highest BCUT2D eigenvalue weighted by atomic mass is 16.1. The highest BCUT2D eigenvalue weighted by Crippen LogP contribution is 2.20. The number of aromatic nitrogens is 5. The molecule has 2 aromatic rings. The van der Waals surface area contributed by atoms with Crippen molar-refractivity contribution in [2.75, 3.05) is 19.6 Å². The maximum Gasteiger partial charge on any atom is 0.267 e. The van der Waals surface area contributed by atoms with E-state index in [-0.39, 0.29) is 5.56 Å². The van der Waals surface area contributed by atoms with E-state index in [1.807, 2.05) is 16.9 Å². The smallest absolute Gasteiger partial charge is 0.267 e. The first kappa shape index (κ1) is 16.4. The SMILES string of the molecule is O=c1cc2c(nn1CC1CCN(CCn3ccnn3)CC1)CCCC2. The van der Waals surface area contributed by atoms with Crippen LogP contribution in [0.4, 0.5) is 0 Å². The van der Waals surface area contributed by atoms with Crippen molar-refractivity contribution >= 4 is 0 Å². The highest BCUT2D eigenvalue weighted by Gasteiger charge is 2.21. The van der Waals surface area contributed by atoms with Gasteiger partial charge in [-0.05, 0) is 63.1 Å². The zero-order valence-corrected chi connectivity index (χ0v) is 14.7. The molecule has 0 N–H and O–H groups in total. The summed E-state index contributed by atoms with van der Waals surface area (Å²) in [6.45, 7) is 4.82. The van der Waals surface area contributed by atoms with Crippen molar-refractivity contribution in [2.24, 2.45) is 5.92 Å². The Hall–Kier alpha value is -2.02. The molecule has 7 heteroatoms. The molecule has 0 radical (unpaired) electrons. The minimum atomic E-state index is 0.0780. The van der Waals surface area contributed by atoms with Crippen LogP contribution in [0.25, 0.3) is 0 Å². The van der Waals surface area contributed by atoms with Crippen LogP contribution >= 0.6 is 0 Å². The monoisotopic (exact) mass is 342 g/mol. The number of nitrogens with zero attached hydrogens (tertiary/aromatic N) is 6. The second kappa shape index (κ2) is 7.47. The molecule has 25 heavy (non-hydrogen) atoms. The third-order valence-corrected chi connectivity index (χ3v) is 5.53. The topological polar surface area (TPSA) is 68.8 Å². The number of piperidine rings is 1. The maximum atomic E-state index is 12.3. The predicted octanol–water partition coefficient (Wildman–Crippen LogP) is 1.13. The van der Waals surface area contributed by atoms with Crippen molar-refractivity contribution in [3.05, 3.63) is 40.1 Å². The molecule has 7 nitrogen and oxygen atoms in total. The molecule has 0 unspecified atom stereocenters. The minimum Gasteiger partial charge on any atom is -0.301 e. The second-order valence-corrected chi connectivity index (χ2v) is 7.29. The Balaban J connectivity index is 1.30. The fraction of sp³-hybridized carbons (Fsp3) is 0.667. The number of fused-ring (bicyclic) bond motifs is 1. The molecule has 3 heterocycles. The summed E-state index contributed by atoms with van der Waals surface area (Å²) in [7, 11) is 0. The fourth-order valence-electron chi connectivity index (χ4n) is 3.96. The van der Waals surface area contributed by atoms with Crippen LogP contribution in [0.15, 0.2) is 23.3 Å². The van der Waals surface area contributed by atoms with Crippen LogP contribution in [-0.4, -0.2) is 49.3 Å². The fourth-order valence-corrected chi connectivity index (χ4v) is 3.96. The van der Waals surface area contributed by atoms with Gasteiger partial charge in [-0.25, -0.2) is 4.68 Å². The Morgan fingerprint density at radius 1 is 1.12 bits per heavy atom. The number of aryl methyl sites for hydroxylation is 2. The summed E-state index contributed by atoms with van der Waals surface area (Å²) in [6.07, 6.45) is 10.3. The van der Waals surface area contributed by atoms with E-state index < -0.39 is 0 Å². The van der Waals surface area contributed by atoms with Crippen LogP contribution in [0.1, 0.15) is 36.9 Å². The summed E-state index contributed by atoms with van der Waals surface area (Å²) in [4.78, 5) is 14.8. The summed E-state index contributed by atoms with van der Waals surface area (Å²) in [5, 5.41) is 12.5. The molecule has 1 fully saturated rings. The van der Waals surface area contributed by atoms with Crippen LogP contribution in [0.3, 0.4) is 0 Å². The molecule has 0 amide bonds. The Kier molecular flexibility index (Phi) is 4.92. The number of likely N-dealkylation sites (tertiary alicyclic amines) is 1. The lowest BCUT2D eigenvalue weighted by Crippen LogP contribution is -2.38. The van der Waals surface area contributed by atoms with Gasteiger partial charge in [0.05, 0.1) is 18.4 Å². The van der Waals surface area contributed by atoms with E-state index in [1.165, 1.54) is 18.4 Å². The number of rotatable bonds is 5. The van der Waals surface area contributed by atoms with E-state index in [4.69, 9.17) is 0 Å². The van der Waals surface area contributed by atoms with E-state index in [9.17, 15) is 4.79 Å². The van der Waals surface area contributed by atoms with E-state index in [1.54, 1.807) is 10.9 Å². The Morgan fingerprint density at radius 2 is 1.96 bits per heavy atom. The summed E-state index contributed by atoms with van der Waals surface area (Å²) in [5.41, 5.74) is 2.40. The first-order valence-electron chi connectivity index (χ1n) is 9.44. The normalized spacial score (nSPS) is 19.0. The standard InChI is InChI=1S/C18H26N6O/c25-18-13-16-3-1-2-4-17(16)20-24(18)14-15-5-8-22(9-6-15)11-12-23-10-7-19-21-23/h7,10,13,15H,1-6,8-9,11-12,14H2. The van der Waals surface area contributed by atoms with Crippen molar-refractivity contribution in [3.63, 3.8) is 0 Å². The zero-order valence-electron chi connectivity index (χ0n) is 14.7. The summed E-state index contributed by atoms with van der Waals surface area (Å²) in [6, 6.07) is 1.83. The minimum absolute atomic E-state index is 0.0780. The van der Waals surface area contributed by atoms with Gasteiger partial charge in [-0.15, -0.1) is 5.10 Å². The van der Waals surface area contributed by atoms with Gasteiger partial charge in [0.15, 0.2) is 0 Å². The molecule has 0 bridgehead atoms. The Labute approximate surface area is 147 Å². The van der Waals surface area contributed by atoms with Gasteiger partial charge < -0.3 is 4.90 Å². The molecule has 2 aliphatic rings. The summed E-state index contributed by atoms with van der Waals surface area (Å²) < 4.78 is 3.60. The average Bonchev–Trinajstić information content (AvgIpc) is 3.15. The molecule has 134 valence electrons. The maximum absolute atomic E-state index is 12.3. The molecular formula is C18H26N6O. The molecule has 0 spiro atoms. The Bertz CT molecular complexity index is 745. The van der Waals surface area contributed by atoms with Crippen molar-refractivity contribution in [1.29, 1.82) is 0 Å². The van der Waals surface area contributed by atoms with Crippen molar-refractivity contribution < 1.29 is 0 Å². The summed E-state index contributed by atoms with van der Waals surface area (Å²) in [5.74, 6) is 0.550. The highest BCUT2D eigenvalue weighted by molar-refractivity contribution is 5.20. The van der Waals surface area contributed by atoms with Crippen molar-refractivity contribution in [3.8, 4) is 0 Å². The largest absolute Gasteiger partial charge is 0.301 e. The van der Waals surface area contributed by atoms with Gasteiger partial charge in [-0.2, -0.15) is 5.10 Å². The van der Waals surface area contributed by atoms with Crippen molar-refractivity contribution in [1.82, 2.24) is 29.7 Å². The van der Waals surface area contributed by atoms with Crippen LogP contribution in [0.2, 0.25) is 0 Å². The molecule has 0 saturated carbocycles. The van der Waals surface area contributed by atoms with E-state index in [2.05, 4.69) is 20.3 Å². The Morgan fingerprint density at radius 3 is 2.76 bits per heavy atom. The number of hydrogen-bond acceptors (Lipinski definition) is 5. The lowest BCUT2D eigenvalue weighted by molar-refractivity contribution is 0.163. The molecule has 2 aromatic heterocycles. The van der Waals surface area contributed by atoms with Gasteiger partial charge in [-0.3, -0.25) is 9.48 Å². The van der Waals surface area contributed by atoms with E-state index >= 15 is 0 Å². The molecular weight excluding hydrogens is 316 g/mol. The molecule has 1 aliphatic carbocycles. The van der Waals surface area contributed by atoms with Gasteiger partial charge >= 0.3 is 0 Å². The average molecular weight is 342 g/mol. The first-order chi connectivity index (χ1) is 12.3. The first-order valence-corrected chi connectivity index (χ1v) is 9.44. The lowest BCUT2D eigenvalue weighted by Gasteiger charge is -2.32. The molecule has 4 rings (SSSR count). The number of hydrogen-bond donors (Lipinski definition) is 0. The van der Waals surface area contributed by atoms with E-state index in [0.717, 1.165) is 64.1 Å². The summed E-state index contributed by atoms with van der Waals surface area (Å²) >= 11 is 0. The van der Waals surface area contributed by atoms with E-state index in [0.29, 0.717) is 5.92 Å². The third kappa shape index (κ3) is 3.98. The van der Waals surface area contributed by atoms with Gasteiger partial charge in [0.25, 0.3) is 5.56 Å². The van der Waals surface area contributed by atoms with Gasteiger partial charge in [0.2, 0.25) is 0 Å². The third-order valence-electron chi connectivity index (χ3n) is 5.53. The quantitative estimate of drug-likeness (QED) is 0.815. The molecule has 0 aromatic carbocycles. The van der Waals surface area contributed by atoms with Gasteiger partial charge in [-0.1, -0.05) is 5.21 Å². The lowest BCUT2D eigenvalue weighted by atomic mass is 9.96. The van der Waals surface area contributed by atoms with Crippen LogP contribution < -0.4 is 5.56 Å². The van der Waals surface area contributed by atoms with Crippen LogP contribution in [0, 0.1) is 5.92 Å². The predicted molar refractivity (Wildman–Crippen MR) is 94.3 cm³/mol. The molecule has 1 aliphatic heterocycles. The zero-order chi connectivity index (χ0) is 17.1. The molecule has 0 atom stereocenters. The second-order valence-electron chi connectivity index (χ2n) is 7.29. The van der Waals surface area contributed by atoms with Gasteiger partial charge in [0.1, 0.15) is 0 Å². The molecule has 1 saturated heterocycles. The van der Waals surface area contributed by atoms with Crippen LogP contribution in [-0.2, 0) is 25.9 Å².